The number of hydrogen-bond donors (Lipinski definition) is 1. The molecule has 1 aliphatic heterocycles. The van der Waals surface area contributed by atoms with Crippen LogP contribution in [0.25, 0.3) is 0 Å². The van der Waals surface area contributed by atoms with E-state index >= 15 is 0 Å². The molecule has 1 unspecified atom stereocenters. The second-order valence-corrected chi connectivity index (χ2v) is 4.90. The minimum Gasteiger partial charge on any atom is -0.351 e. The van der Waals surface area contributed by atoms with Gasteiger partial charge in [0.1, 0.15) is 5.82 Å². The Labute approximate surface area is 111 Å². The zero-order chi connectivity index (χ0) is 13.8. The summed E-state index contributed by atoms with van der Waals surface area (Å²) in [5.74, 6) is -0.641. The van der Waals surface area contributed by atoms with Crippen molar-refractivity contribution in [1.29, 1.82) is 0 Å². The Morgan fingerprint density at radius 1 is 1.37 bits per heavy atom. The Kier molecular flexibility index (Phi) is 4.14. The number of benzene rings is 1. The number of amides is 2. The molecule has 1 aromatic rings. The Bertz CT molecular complexity index is 490. The summed E-state index contributed by atoms with van der Waals surface area (Å²) in [6.45, 7) is 1.12. The number of rotatable bonds is 3. The molecular weight excluding hydrogens is 247 g/mol. The van der Waals surface area contributed by atoms with Crippen LogP contribution < -0.4 is 5.73 Å². The lowest BCUT2D eigenvalue weighted by Crippen LogP contribution is -2.43. The molecule has 1 aromatic carbocycles. The third kappa shape index (κ3) is 3.30. The molecule has 0 spiro atoms. The van der Waals surface area contributed by atoms with Gasteiger partial charge in [-0.25, -0.2) is 9.18 Å². The molecule has 0 bridgehead atoms. The van der Waals surface area contributed by atoms with E-state index in [4.69, 9.17) is 5.73 Å². The number of primary amides is 1. The Hall–Kier alpha value is -1.91. The summed E-state index contributed by atoms with van der Waals surface area (Å²) < 4.78 is 13.5. The summed E-state index contributed by atoms with van der Waals surface area (Å²) in [6.07, 6.45) is 1.95. The summed E-state index contributed by atoms with van der Waals surface area (Å²) in [7, 11) is 0. The average Bonchev–Trinajstić information content (AvgIpc) is 2.39. The minimum absolute atomic E-state index is 0.0633. The van der Waals surface area contributed by atoms with Crippen molar-refractivity contribution in [2.75, 3.05) is 13.1 Å². The fourth-order valence-electron chi connectivity index (χ4n) is 2.49. The monoisotopic (exact) mass is 264 g/mol. The maximum absolute atomic E-state index is 13.5. The molecular formula is C14H17FN2O2. The predicted molar refractivity (Wildman–Crippen MR) is 69.2 cm³/mol. The first kappa shape index (κ1) is 13.5. The average molecular weight is 264 g/mol. The molecule has 1 aliphatic rings. The number of ketones is 1. The molecule has 1 atom stereocenters. The van der Waals surface area contributed by atoms with Crippen LogP contribution in [0.3, 0.4) is 0 Å². The lowest BCUT2D eigenvalue weighted by molar-refractivity contribution is 0.0926. The zero-order valence-electron chi connectivity index (χ0n) is 10.6. The standard InChI is InChI=1S/C14H17FN2O2/c15-12-6-2-1-5-11(12)13(18)8-10-4-3-7-17(9-10)14(16)19/h1-2,5-6,10H,3-4,7-9H2,(H2,16,19). The smallest absolute Gasteiger partial charge is 0.314 e. The molecule has 1 saturated heterocycles. The SMILES string of the molecule is NC(=O)N1CCCC(CC(=O)c2ccccc2F)C1. The van der Waals surface area contributed by atoms with Gasteiger partial charge in [-0.05, 0) is 30.9 Å². The highest BCUT2D eigenvalue weighted by molar-refractivity contribution is 5.96. The van der Waals surface area contributed by atoms with Crippen molar-refractivity contribution < 1.29 is 14.0 Å². The van der Waals surface area contributed by atoms with Gasteiger partial charge in [-0.2, -0.15) is 0 Å². The highest BCUT2D eigenvalue weighted by Crippen LogP contribution is 2.22. The molecule has 19 heavy (non-hydrogen) atoms. The van der Waals surface area contributed by atoms with Crippen LogP contribution in [-0.2, 0) is 0 Å². The summed E-state index contributed by atoms with van der Waals surface area (Å²) in [6, 6.07) is 5.52. The van der Waals surface area contributed by atoms with E-state index < -0.39 is 11.8 Å². The zero-order valence-corrected chi connectivity index (χ0v) is 10.6. The largest absolute Gasteiger partial charge is 0.351 e. The first-order valence-corrected chi connectivity index (χ1v) is 6.40. The highest BCUT2D eigenvalue weighted by Gasteiger charge is 2.25. The van der Waals surface area contributed by atoms with Crippen LogP contribution in [0.5, 0.6) is 0 Å². The number of urea groups is 1. The summed E-state index contributed by atoms with van der Waals surface area (Å²) in [5.41, 5.74) is 5.36. The molecule has 0 saturated carbocycles. The van der Waals surface area contributed by atoms with Gasteiger partial charge in [-0.3, -0.25) is 4.79 Å². The van der Waals surface area contributed by atoms with Gasteiger partial charge in [0.2, 0.25) is 0 Å². The predicted octanol–water partition coefficient (Wildman–Crippen LogP) is 2.19. The molecule has 2 amide bonds. The van der Waals surface area contributed by atoms with E-state index in [1.807, 2.05) is 0 Å². The van der Waals surface area contributed by atoms with Crippen molar-refractivity contribution in [3.63, 3.8) is 0 Å². The summed E-state index contributed by atoms with van der Waals surface area (Å²) in [5, 5.41) is 0. The topological polar surface area (TPSA) is 63.4 Å². The van der Waals surface area contributed by atoms with Gasteiger partial charge in [-0.15, -0.1) is 0 Å². The van der Waals surface area contributed by atoms with E-state index in [0.717, 1.165) is 12.8 Å². The van der Waals surface area contributed by atoms with Crippen molar-refractivity contribution >= 4 is 11.8 Å². The number of piperidine rings is 1. The molecule has 4 nitrogen and oxygen atoms in total. The maximum Gasteiger partial charge on any atom is 0.314 e. The van der Waals surface area contributed by atoms with Gasteiger partial charge in [0.25, 0.3) is 0 Å². The molecule has 0 aromatic heterocycles. The Morgan fingerprint density at radius 2 is 2.11 bits per heavy atom. The number of carbonyl (C=O) groups excluding carboxylic acids is 2. The highest BCUT2D eigenvalue weighted by atomic mass is 19.1. The number of likely N-dealkylation sites (tertiary alicyclic amines) is 1. The maximum atomic E-state index is 13.5. The Morgan fingerprint density at radius 3 is 2.79 bits per heavy atom. The van der Waals surface area contributed by atoms with Gasteiger partial charge in [0.15, 0.2) is 5.78 Å². The number of Topliss-reactive ketones (excluding diaryl/α,β-unsaturated/α-hetero) is 1. The molecule has 1 fully saturated rings. The van der Waals surface area contributed by atoms with E-state index in [9.17, 15) is 14.0 Å². The fraction of sp³-hybridized carbons (Fsp3) is 0.429. The molecule has 5 heteroatoms. The summed E-state index contributed by atoms with van der Waals surface area (Å²) >= 11 is 0. The van der Waals surface area contributed by atoms with Crippen LogP contribution in [0.4, 0.5) is 9.18 Å². The fourth-order valence-corrected chi connectivity index (χ4v) is 2.49. The molecule has 0 aliphatic carbocycles. The van der Waals surface area contributed by atoms with Crippen molar-refractivity contribution in [3.8, 4) is 0 Å². The van der Waals surface area contributed by atoms with E-state index in [1.54, 1.807) is 17.0 Å². The number of nitrogens with zero attached hydrogens (tertiary/aromatic N) is 1. The van der Waals surface area contributed by atoms with Gasteiger partial charge >= 0.3 is 6.03 Å². The molecule has 2 rings (SSSR count). The number of carbonyl (C=O) groups is 2. The molecule has 1 heterocycles. The lowest BCUT2D eigenvalue weighted by atomic mass is 9.91. The molecule has 102 valence electrons. The Balaban J connectivity index is 1.99. The van der Waals surface area contributed by atoms with Crippen LogP contribution in [0, 0.1) is 11.7 Å². The van der Waals surface area contributed by atoms with E-state index in [-0.39, 0.29) is 23.7 Å². The lowest BCUT2D eigenvalue weighted by Gasteiger charge is -2.31. The minimum atomic E-state index is -0.491. The summed E-state index contributed by atoms with van der Waals surface area (Å²) in [4.78, 5) is 24.7. The quantitative estimate of drug-likeness (QED) is 0.850. The normalized spacial score (nSPS) is 19.2. The van der Waals surface area contributed by atoms with Gasteiger partial charge in [0.05, 0.1) is 5.56 Å². The number of halogens is 1. The first-order valence-electron chi connectivity index (χ1n) is 6.40. The molecule has 2 N–H and O–H groups in total. The van der Waals surface area contributed by atoms with Gasteiger partial charge in [-0.1, -0.05) is 12.1 Å². The van der Waals surface area contributed by atoms with E-state index in [0.29, 0.717) is 13.1 Å². The van der Waals surface area contributed by atoms with E-state index in [2.05, 4.69) is 0 Å². The van der Waals surface area contributed by atoms with Crippen LogP contribution in [0.2, 0.25) is 0 Å². The van der Waals surface area contributed by atoms with Gasteiger partial charge in [0, 0.05) is 19.5 Å². The number of hydrogen-bond acceptors (Lipinski definition) is 2. The van der Waals surface area contributed by atoms with Gasteiger partial charge < -0.3 is 10.6 Å². The third-order valence-corrected chi connectivity index (χ3v) is 3.48. The van der Waals surface area contributed by atoms with Crippen LogP contribution in [0.15, 0.2) is 24.3 Å². The van der Waals surface area contributed by atoms with Crippen molar-refractivity contribution in [1.82, 2.24) is 4.90 Å². The molecule has 0 radical (unpaired) electrons. The van der Waals surface area contributed by atoms with Crippen LogP contribution >= 0.6 is 0 Å². The van der Waals surface area contributed by atoms with Crippen LogP contribution in [0.1, 0.15) is 29.6 Å². The van der Waals surface area contributed by atoms with Crippen molar-refractivity contribution in [2.45, 2.75) is 19.3 Å². The number of nitrogens with two attached hydrogens (primary N) is 1. The second kappa shape index (κ2) is 5.82. The van der Waals surface area contributed by atoms with Crippen LogP contribution in [-0.4, -0.2) is 29.8 Å². The first-order chi connectivity index (χ1) is 9.08. The van der Waals surface area contributed by atoms with Crippen molar-refractivity contribution in [2.24, 2.45) is 11.7 Å². The second-order valence-electron chi connectivity index (χ2n) is 4.90. The third-order valence-electron chi connectivity index (χ3n) is 3.48. The van der Waals surface area contributed by atoms with Crippen molar-refractivity contribution in [3.05, 3.63) is 35.6 Å². The van der Waals surface area contributed by atoms with E-state index in [1.165, 1.54) is 12.1 Å².